The SMILES string of the molecule is CC(C)N1CCNC(=O)C1CC(=O)NCCOc1ccccc1. The molecule has 1 fully saturated rings. The predicted molar refractivity (Wildman–Crippen MR) is 88.2 cm³/mol. The van der Waals surface area contributed by atoms with Gasteiger partial charge in [-0.15, -0.1) is 0 Å². The molecule has 2 rings (SSSR count). The van der Waals surface area contributed by atoms with Crippen molar-refractivity contribution in [2.24, 2.45) is 0 Å². The van der Waals surface area contributed by atoms with Gasteiger partial charge in [-0.3, -0.25) is 14.5 Å². The molecule has 0 spiro atoms. The van der Waals surface area contributed by atoms with Gasteiger partial charge in [0.1, 0.15) is 12.4 Å². The quantitative estimate of drug-likeness (QED) is 0.729. The number of ether oxygens (including phenoxy) is 1. The highest BCUT2D eigenvalue weighted by molar-refractivity contribution is 5.88. The lowest BCUT2D eigenvalue weighted by Crippen LogP contribution is -2.58. The fourth-order valence-corrected chi connectivity index (χ4v) is 2.68. The van der Waals surface area contributed by atoms with Crippen molar-refractivity contribution in [3.05, 3.63) is 30.3 Å². The fraction of sp³-hybridized carbons (Fsp3) is 0.529. The molecule has 6 heteroatoms. The van der Waals surface area contributed by atoms with Crippen molar-refractivity contribution >= 4 is 11.8 Å². The minimum Gasteiger partial charge on any atom is -0.492 e. The number of carbonyl (C=O) groups is 2. The van der Waals surface area contributed by atoms with Crippen LogP contribution in [0.15, 0.2) is 30.3 Å². The zero-order valence-electron chi connectivity index (χ0n) is 13.7. The Hall–Kier alpha value is -2.08. The zero-order valence-corrected chi connectivity index (χ0v) is 13.7. The van der Waals surface area contributed by atoms with Crippen LogP contribution in [0.1, 0.15) is 20.3 Å². The van der Waals surface area contributed by atoms with E-state index in [2.05, 4.69) is 15.5 Å². The van der Waals surface area contributed by atoms with Crippen LogP contribution in [0.3, 0.4) is 0 Å². The fourth-order valence-electron chi connectivity index (χ4n) is 2.68. The van der Waals surface area contributed by atoms with Gasteiger partial charge in [0.2, 0.25) is 11.8 Å². The minimum atomic E-state index is -0.390. The molecular weight excluding hydrogens is 294 g/mol. The summed E-state index contributed by atoms with van der Waals surface area (Å²) in [5, 5.41) is 5.64. The van der Waals surface area contributed by atoms with E-state index in [1.165, 1.54) is 0 Å². The van der Waals surface area contributed by atoms with Gasteiger partial charge in [-0.25, -0.2) is 0 Å². The van der Waals surface area contributed by atoms with Crippen molar-refractivity contribution in [2.75, 3.05) is 26.2 Å². The van der Waals surface area contributed by atoms with E-state index in [0.717, 1.165) is 12.3 Å². The molecule has 0 radical (unpaired) electrons. The van der Waals surface area contributed by atoms with Crippen LogP contribution in [0.25, 0.3) is 0 Å². The number of piperazine rings is 1. The highest BCUT2D eigenvalue weighted by atomic mass is 16.5. The second-order valence-electron chi connectivity index (χ2n) is 5.85. The van der Waals surface area contributed by atoms with Crippen LogP contribution in [-0.4, -0.2) is 55.0 Å². The number of hydrogen-bond acceptors (Lipinski definition) is 4. The zero-order chi connectivity index (χ0) is 16.7. The summed E-state index contributed by atoms with van der Waals surface area (Å²) in [6.07, 6.45) is 0.176. The summed E-state index contributed by atoms with van der Waals surface area (Å²) in [6, 6.07) is 9.30. The van der Waals surface area contributed by atoms with Gasteiger partial charge in [-0.1, -0.05) is 18.2 Å². The van der Waals surface area contributed by atoms with Crippen molar-refractivity contribution in [3.8, 4) is 5.75 Å². The molecule has 1 unspecified atom stereocenters. The summed E-state index contributed by atoms with van der Waals surface area (Å²) in [4.78, 5) is 26.1. The Morgan fingerprint density at radius 2 is 2.13 bits per heavy atom. The third-order valence-electron chi connectivity index (χ3n) is 3.85. The molecular formula is C17H25N3O3. The van der Waals surface area contributed by atoms with E-state index in [9.17, 15) is 9.59 Å². The molecule has 1 saturated heterocycles. The Labute approximate surface area is 137 Å². The van der Waals surface area contributed by atoms with Gasteiger partial charge in [0.25, 0.3) is 0 Å². The molecule has 0 bridgehead atoms. The van der Waals surface area contributed by atoms with Crippen molar-refractivity contribution in [3.63, 3.8) is 0 Å². The van der Waals surface area contributed by atoms with Crippen molar-refractivity contribution < 1.29 is 14.3 Å². The molecule has 23 heavy (non-hydrogen) atoms. The molecule has 1 aromatic carbocycles. The minimum absolute atomic E-state index is 0.0689. The molecule has 1 aromatic rings. The van der Waals surface area contributed by atoms with Crippen LogP contribution in [0.4, 0.5) is 0 Å². The molecule has 0 aliphatic carbocycles. The van der Waals surface area contributed by atoms with E-state index >= 15 is 0 Å². The average molecular weight is 319 g/mol. The number of nitrogens with zero attached hydrogens (tertiary/aromatic N) is 1. The van der Waals surface area contributed by atoms with Gasteiger partial charge in [0.15, 0.2) is 0 Å². The third kappa shape index (κ3) is 5.25. The van der Waals surface area contributed by atoms with Crippen molar-refractivity contribution in [2.45, 2.75) is 32.4 Å². The lowest BCUT2D eigenvalue weighted by Gasteiger charge is -2.37. The first-order chi connectivity index (χ1) is 11.1. The van der Waals surface area contributed by atoms with Crippen LogP contribution in [0.5, 0.6) is 5.75 Å². The van der Waals surface area contributed by atoms with Crippen LogP contribution in [0, 0.1) is 0 Å². The van der Waals surface area contributed by atoms with E-state index in [0.29, 0.717) is 19.7 Å². The van der Waals surface area contributed by atoms with E-state index in [1.54, 1.807) is 0 Å². The summed E-state index contributed by atoms with van der Waals surface area (Å²) >= 11 is 0. The van der Waals surface area contributed by atoms with Gasteiger partial charge < -0.3 is 15.4 Å². The summed E-state index contributed by atoms with van der Waals surface area (Å²) in [5.41, 5.74) is 0. The molecule has 1 heterocycles. The Bertz CT molecular complexity index is 519. The van der Waals surface area contributed by atoms with Gasteiger partial charge >= 0.3 is 0 Å². The highest BCUT2D eigenvalue weighted by Crippen LogP contribution is 2.12. The second kappa shape index (κ2) is 8.53. The number of para-hydroxylation sites is 1. The summed E-state index contributed by atoms with van der Waals surface area (Å²) in [5.74, 6) is 0.578. The monoisotopic (exact) mass is 319 g/mol. The smallest absolute Gasteiger partial charge is 0.237 e. The molecule has 2 N–H and O–H groups in total. The Morgan fingerprint density at radius 3 is 2.83 bits per heavy atom. The number of nitrogens with one attached hydrogen (secondary N) is 2. The number of carbonyl (C=O) groups excluding carboxylic acids is 2. The van der Waals surface area contributed by atoms with E-state index in [4.69, 9.17) is 4.74 Å². The van der Waals surface area contributed by atoms with Gasteiger partial charge in [-0.05, 0) is 26.0 Å². The maximum absolute atomic E-state index is 12.1. The summed E-state index contributed by atoms with van der Waals surface area (Å²) in [7, 11) is 0. The first kappa shape index (κ1) is 17.3. The maximum Gasteiger partial charge on any atom is 0.237 e. The maximum atomic E-state index is 12.1. The first-order valence-corrected chi connectivity index (χ1v) is 8.06. The van der Waals surface area contributed by atoms with Crippen molar-refractivity contribution in [1.29, 1.82) is 0 Å². The summed E-state index contributed by atoms with van der Waals surface area (Å²) in [6.45, 7) is 6.32. The number of rotatable bonds is 7. The van der Waals surface area contributed by atoms with E-state index in [-0.39, 0.29) is 24.3 Å². The van der Waals surface area contributed by atoms with Crippen molar-refractivity contribution in [1.82, 2.24) is 15.5 Å². The summed E-state index contributed by atoms with van der Waals surface area (Å²) < 4.78 is 5.52. The molecule has 0 saturated carbocycles. The van der Waals surface area contributed by atoms with Crippen LogP contribution >= 0.6 is 0 Å². The Kier molecular flexibility index (Phi) is 6.40. The largest absolute Gasteiger partial charge is 0.492 e. The standard InChI is InChI=1S/C17H25N3O3/c1-13(2)20-10-8-19-17(22)15(20)12-16(21)18-9-11-23-14-6-4-3-5-7-14/h3-7,13,15H,8-12H2,1-2H3,(H,18,21)(H,19,22). The number of benzene rings is 1. The lowest BCUT2D eigenvalue weighted by atomic mass is 10.1. The number of amides is 2. The Balaban J connectivity index is 1.73. The lowest BCUT2D eigenvalue weighted by molar-refractivity contribution is -0.134. The molecule has 126 valence electrons. The normalized spacial score (nSPS) is 18.6. The Morgan fingerprint density at radius 1 is 1.39 bits per heavy atom. The van der Waals surface area contributed by atoms with Gasteiger partial charge in [-0.2, -0.15) is 0 Å². The predicted octanol–water partition coefficient (Wildman–Crippen LogP) is 0.781. The molecule has 0 aromatic heterocycles. The third-order valence-corrected chi connectivity index (χ3v) is 3.85. The van der Waals surface area contributed by atoms with Crippen LogP contribution < -0.4 is 15.4 Å². The van der Waals surface area contributed by atoms with Crippen LogP contribution in [-0.2, 0) is 9.59 Å². The first-order valence-electron chi connectivity index (χ1n) is 8.06. The molecule has 1 aliphatic rings. The van der Waals surface area contributed by atoms with Gasteiger partial charge in [0, 0.05) is 19.1 Å². The average Bonchev–Trinajstić information content (AvgIpc) is 2.54. The molecule has 6 nitrogen and oxygen atoms in total. The van der Waals surface area contributed by atoms with Crippen LogP contribution in [0.2, 0.25) is 0 Å². The highest BCUT2D eigenvalue weighted by Gasteiger charge is 2.32. The van der Waals surface area contributed by atoms with Gasteiger partial charge in [0.05, 0.1) is 19.0 Å². The van der Waals surface area contributed by atoms with E-state index in [1.807, 2.05) is 44.2 Å². The number of hydrogen-bond donors (Lipinski definition) is 2. The second-order valence-corrected chi connectivity index (χ2v) is 5.85. The topological polar surface area (TPSA) is 70.7 Å². The van der Waals surface area contributed by atoms with E-state index < -0.39 is 6.04 Å². The molecule has 1 aliphatic heterocycles. The molecule has 2 amide bonds. The molecule has 1 atom stereocenters.